The highest BCUT2D eigenvalue weighted by molar-refractivity contribution is 7.93. The monoisotopic (exact) mass is 812 g/mol. The average Bonchev–Trinajstić information content (AvgIpc) is 3.04. The molecule has 1 atom stereocenters. The number of sulfonamides is 2. The Kier molecular flexibility index (Phi) is 13.0. The van der Waals surface area contributed by atoms with Crippen LogP contribution in [0.5, 0.6) is 0 Å². The fraction of sp³-hybridized carbons (Fsp3) is 0.394. The quantitative estimate of drug-likeness (QED) is 0.102. The lowest BCUT2D eigenvalue weighted by molar-refractivity contribution is -0.233. The molecule has 0 aliphatic heterocycles. The summed E-state index contributed by atoms with van der Waals surface area (Å²) in [5, 5.41) is 0. The molecule has 0 radical (unpaired) electrons. The van der Waals surface area contributed by atoms with Crippen molar-refractivity contribution in [1.82, 2.24) is 0 Å². The van der Waals surface area contributed by atoms with E-state index in [1.807, 2.05) is 0 Å². The zero-order valence-electron chi connectivity index (χ0n) is 28.8. The molecule has 0 amide bonds. The summed E-state index contributed by atoms with van der Waals surface area (Å²) in [5.74, 6) is 4.59. The number of halogens is 6. The fourth-order valence-electron chi connectivity index (χ4n) is 5.31. The first-order valence-electron chi connectivity index (χ1n) is 15.7. The zero-order valence-corrected chi connectivity index (χ0v) is 32.2. The molecule has 3 rings (SSSR count). The summed E-state index contributed by atoms with van der Waals surface area (Å²) in [4.78, 5) is -0.842. The Balaban J connectivity index is 2.46. The van der Waals surface area contributed by atoms with Crippen molar-refractivity contribution in [3.8, 4) is 11.8 Å². The van der Waals surface area contributed by atoms with Gasteiger partial charge in [-0.25, -0.2) is 25.3 Å². The molecule has 52 heavy (non-hydrogen) atoms. The third-order valence-corrected chi connectivity index (χ3v) is 16.4. The molecule has 0 aliphatic rings. The van der Waals surface area contributed by atoms with Crippen molar-refractivity contribution < 1.29 is 56.0 Å². The smallest absolute Gasteiger partial charge is 0.391 e. The summed E-state index contributed by atoms with van der Waals surface area (Å²) >= 11 is 0. The molecule has 1 unspecified atom stereocenters. The lowest BCUT2D eigenvalue weighted by atomic mass is 9.91. The first kappa shape index (κ1) is 42.8. The third kappa shape index (κ3) is 10.3. The van der Waals surface area contributed by atoms with E-state index < -0.39 is 85.3 Å². The Morgan fingerprint density at radius 2 is 1.35 bits per heavy atom. The van der Waals surface area contributed by atoms with Crippen molar-refractivity contribution in [3.63, 3.8) is 0 Å². The molecule has 0 fully saturated rings. The highest BCUT2D eigenvalue weighted by atomic mass is 32.2. The van der Waals surface area contributed by atoms with E-state index in [0.717, 1.165) is 67.1 Å². The second-order valence-corrected chi connectivity index (χ2v) is 22.3. The molecule has 3 aromatic rings. The van der Waals surface area contributed by atoms with Gasteiger partial charge in [0.25, 0.3) is 10.0 Å². The lowest BCUT2D eigenvalue weighted by Gasteiger charge is -2.42. The first-order chi connectivity index (χ1) is 23.8. The Hall–Kier alpha value is -3.57. The van der Waals surface area contributed by atoms with Gasteiger partial charge in [0.2, 0.25) is 15.6 Å². The van der Waals surface area contributed by atoms with E-state index in [9.17, 15) is 38.4 Å². The van der Waals surface area contributed by atoms with E-state index >= 15 is 13.2 Å². The van der Waals surface area contributed by atoms with Crippen LogP contribution < -0.4 is 9.03 Å². The number of anilines is 2. The second kappa shape index (κ2) is 15.8. The van der Waals surface area contributed by atoms with Gasteiger partial charge in [0.05, 0.1) is 28.2 Å². The van der Waals surface area contributed by atoms with Crippen LogP contribution in [0.25, 0.3) is 0 Å². The van der Waals surface area contributed by atoms with Crippen molar-refractivity contribution in [2.24, 2.45) is 0 Å². The summed E-state index contributed by atoms with van der Waals surface area (Å²) in [5.41, 5.74) is -5.63. The van der Waals surface area contributed by atoms with Crippen LogP contribution >= 0.6 is 0 Å². The molecular weight excluding hydrogens is 775 g/mol. The van der Waals surface area contributed by atoms with E-state index in [-0.39, 0.29) is 38.6 Å². The van der Waals surface area contributed by atoms with Crippen LogP contribution in [0.4, 0.5) is 37.7 Å². The summed E-state index contributed by atoms with van der Waals surface area (Å²) in [6.07, 6.45) is -10.4. The maximum absolute atomic E-state index is 15.9. The van der Waals surface area contributed by atoms with Crippen molar-refractivity contribution >= 4 is 49.6 Å². The van der Waals surface area contributed by atoms with Gasteiger partial charge in [0.15, 0.2) is 18.2 Å². The number of rotatable bonds is 14. The van der Waals surface area contributed by atoms with Crippen LogP contribution in [0.3, 0.4) is 0 Å². The Morgan fingerprint density at radius 1 is 0.769 bits per heavy atom. The third-order valence-electron chi connectivity index (χ3n) is 8.24. The predicted molar refractivity (Wildman–Crippen MR) is 189 cm³/mol. The molecule has 3 aromatic carbocycles. The van der Waals surface area contributed by atoms with Crippen molar-refractivity contribution in [3.05, 3.63) is 83.9 Å². The molecule has 9 nitrogen and oxygen atoms in total. The number of hydrogen-bond donors (Lipinski definition) is 1. The van der Waals surface area contributed by atoms with Gasteiger partial charge in [0.1, 0.15) is 0 Å². The number of sulfone groups is 1. The summed E-state index contributed by atoms with van der Waals surface area (Å²) in [6, 6.07) is 13.3. The molecule has 286 valence electrons. The molecule has 0 saturated heterocycles. The molecular formula is C33H38F6N2O7S3Si. The molecule has 0 aliphatic carbocycles. The fourth-order valence-corrected chi connectivity index (χ4v) is 10.9. The van der Waals surface area contributed by atoms with Crippen LogP contribution in [-0.4, -0.2) is 65.0 Å². The van der Waals surface area contributed by atoms with Crippen LogP contribution in [0.15, 0.2) is 82.6 Å². The van der Waals surface area contributed by atoms with Gasteiger partial charge in [-0.15, -0.1) is 0 Å². The molecule has 0 aromatic heterocycles. The average molecular weight is 813 g/mol. The van der Waals surface area contributed by atoms with E-state index in [2.05, 4.69) is 16.6 Å². The number of alkyl halides is 6. The van der Waals surface area contributed by atoms with Crippen LogP contribution in [0.2, 0.25) is 18.1 Å². The van der Waals surface area contributed by atoms with Gasteiger partial charge in [-0.3, -0.25) is 9.03 Å². The van der Waals surface area contributed by atoms with Crippen molar-refractivity contribution in [2.75, 3.05) is 28.1 Å². The summed E-state index contributed by atoms with van der Waals surface area (Å²) in [6.45, 7) is 3.56. The molecule has 0 spiro atoms. The number of hydrogen-bond acceptors (Lipinski definition) is 7. The van der Waals surface area contributed by atoms with Crippen LogP contribution in [0.1, 0.15) is 38.3 Å². The van der Waals surface area contributed by atoms with E-state index in [1.54, 1.807) is 20.8 Å². The number of benzene rings is 3. The summed E-state index contributed by atoms with van der Waals surface area (Å²) < 4.78 is 173. The van der Waals surface area contributed by atoms with E-state index in [4.69, 9.17) is 4.43 Å². The SMILES string of the molecule is CC[Si](CC)(CC)OC(C#Cc1ccc(S(C)(=O)=O)cc1)(c1ccccc1N(CCC(F)(F)F)S(=O)(=O)c1cccc(NS(C)(=O)=O)c1)C(F)(F)F. The van der Waals surface area contributed by atoms with Crippen molar-refractivity contribution in [2.45, 2.75) is 73.1 Å². The van der Waals surface area contributed by atoms with Gasteiger partial charge < -0.3 is 4.43 Å². The maximum Gasteiger partial charge on any atom is 0.432 e. The van der Waals surface area contributed by atoms with Crippen LogP contribution in [0, 0.1) is 11.8 Å². The Labute approximate surface area is 301 Å². The Morgan fingerprint density at radius 3 is 1.85 bits per heavy atom. The van der Waals surface area contributed by atoms with E-state index in [0.29, 0.717) is 0 Å². The molecule has 19 heteroatoms. The van der Waals surface area contributed by atoms with Gasteiger partial charge in [-0.05, 0) is 72.6 Å². The minimum absolute atomic E-state index is 0.0596. The highest BCUT2D eigenvalue weighted by Crippen LogP contribution is 2.49. The van der Waals surface area contributed by atoms with Gasteiger partial charge >= 0.3 is 12.4 Å². The standard InChI is InChI=1S/C33H38F6N2O7S3Si/c1-6-52(7-2,8-3)48-31(33(37,38)39,21-20-25-16-18-27(19-17-25)49(4,42)43)29-14-9-10-15-30(29)41(23-22-32(34,35)36)51(46,47)28-13-11-12-26(24-28)40-50(5,44)45/h9-19,24,40H,6-8,22-23H2,1-5H3. The second-order valence-electron chi connectivity index (χ2n) is 11.9. The maximum atomic E-state index is 15.9. The normalized spacial score (nSPS) is 14.2. The number of nitrogens with zero attached hydrogens (tertiary/aromatic N) is 1. The topological polar surface area (TPSA) is 127 Å². The predicted octanol–water partition coefficient (Wildman–Crippen LogP) is 7.44. The summed E-state index contributed by atoms with van der Waals surface area (Å²) in [7, 11) is -16.1. The highest BCUT2D eigenvalue weighted by Gasteiger charge is 2.61. The van der Waals surface area contributed by atoms with Gasteiger partial charge in [-0.1, -0.05) is 51.0 Å². The molecule has 0 heterocycles. The van der Waals surface area contributed by atoms with E-state index in [1.165, 1.54) is 18.2 Å². The zero-order chi connectivity index (χ0) is 39.4. The lowest BCUT2D eigenvalue weighted by Crippen LogP contribution is -2.53. The first-order valence-corrected chi connectivity index (χ1v) is 23.5. The van der Waals surface area contributed by atoms with Crippen LogP contribution in [-0.2, 0) is 39.9 Å². The van der Waals surface area contributed by atoms with Crippen molar-refractivity contribution in [1.29, 1.82) is 0 Å². The van der Waals surface area contributed by atoms with Gasteiger partial charge in [0, 0.05) is 29.6 Å². The Bertz CT molecular complexity index is 2120. The van der Waals surface area contributed by atoms with Gasteiger partial charge in [-0.2, -0.15) is 26.3 Å². The minimum Gasteiger partial charge on any atom is -0.391 e. The molecule has 0 saturated carbocycles. The largest absolute Gasteiger partial charge is 0.432 e. The molecule has 0 bridgehead atoms. The number of para-hydroxylation sites is 1. The number of nitrogens with one attached hydrogen (secondary N) is 1. The molecule has 1 N–H and O–H groups in total. The minimum atomic E-state index is -5.42.